The lowest BCUT2D eigenvalue weighted by Crippen LogP contribution is -2.28. The summed E-state index contributed by atoms with van der Waals surface area (Å²) in [6, 6.07) is 3.26. The first-order chi connectivity index (χ1) is 7.88. The Labute approximate surface area is 100 Å². The maximum absolute atomic E-state index is 12.6. The van der Waals surface area contributed by atoms with Crippen LogP contribution in [0.2, 0.25) is 0 Å². The van der Waals surface area contributed by atoms with Gasteiger partial charge in [0, 0.05) is 12.6 Å². The highest BCUT2D eigenvalue weighted by Crippen LogP contribution is 2.25. The predicted molar refractivity (Wildman–Crippen MR) is 63.7 cm³/mol. The van der Waals surface area contributed by atoms with Crippen LogP contribution >= 0.6 is 0 Å². The van der Waals surface area contributed by atoms with E-state index in [1.54, 1.807) is 12.3 Å². The molecule has 1 N–H and O–H groups in total. The van der Waals surface area contributed by atoms with Crippen LogP contribution in [0.25, 0.3) is 0 Å². The van der Waals surface area contributed by atoms with E-state index in [0.29, 0.717) is 12.1 Å². The van der Waals surface area contributed by atoms with Crippen molar-refractivity contribution in [3.05, 3.63) is 29.6 Å². The lowest BCUT2D eigenvalue weighted by molar-refractivity contribution is 0.0942. The fourth-order valence-electron chi connectivity index (χ4n) is 1.53. The SMILES string of the molecule is CC(C)(C)c1ccc(C(=O)NC2CC2F)nc1. The van der Waals surface area contributed by atoms with Gasteiger partial charge in [0.25, 0.3) is 5.91 Å². The van der Waals surface area contributed by atoms with Crippen molar-refractivity contribution in [1.82, 2.24) is 10.3 Å². The fraction of sp³-hybridized carbons (Fsp3) is 0.538. The lowest BCUT2D eigenvalue weighted by atomic mass is 9.88. The van der Waals surface area contributed by atoms with Crippen molar-refractivity contribution >= 4 is 5.91 Å². The Morgan fingerprint density at radius 1 is 1.47 bits per heavy atom. The molecule has 1 amide bonds. The molecule has 4 heteroatoms. The summed E-state index contributed by atoms with van der Waals surface area (Å²) in [4.78, 5) is 15.8. The van der Waals surface area contributed by atoms with Crippen molar-refractivity contribution in [2.24, 2.45) is 0 Å². The molecule has 2 rings (SSSR count). The average molecular weight is 236 g/mol. The van der Waals surface area contributed by atoms with Crippen molar-refractivity contribution in [2.45, 2.75) is 44.8 Å². The van der Waals surface area contributed by atoms with E-state index < -0.39 is 6.17 Å². The quantitative estimate of drug-likeness (QED) is 0.855. The third kappa shape index (κ3) is 2.81. The molecular formula is C13H17FN2O. The second-order valence-corrected chi connectivity index (χ2v) is 5.51. The molecule has 0 aromatic carbocycles. The molecule has 1 aromatic rings. The van der Waals surface area contributed by atoms with Crippen LogP contribution < -0.4 is 5.32 Å². The second kappa shape index (κ2) is 4.09. The number of aromatic nitrogens is 1. The Hall–Kier alpha value is -1.45. The molecular weight excluding hydrogens is 219 g/mol. The van der Waals surface area contributed by atoms with E-state index in [1.165, 1.54) is 0 Å². The molecule has 1 fully saturated rings. The first-order valence-corrected chi connectivity index (χ1v) is 5.79. The summed E-state index contributed by atoms with van der Waals surface area (Å²) in [5, 5.41) is 2.60. The summed E-state index contributed by atoms with van der Waals surface area (Å²) in [6.45, 7) is 6.25. The Kier molecular flexibility index (Phi) is 2.89. The maximum Gasteiger partial charge on any atom is 0.270 e. The third-order valence-electron chi connectivity index (χ3n) is 2.89. The summed E-state index contributed by atoms with van der Waals surface area (Å²) in [7, 11) is 0. The van der Waals surface area contributed by atoms with E-state index in [4.69, 9.17) is 0 Å². The number of nitrogens with zero attached hydrogens (tertiary/aromatic N) is 1. The number of rotatable bonds is 2. The van der Waals surface area contributed by atoms with Gasteiger partial charge in [0.05, 0.1) is 6.04 Å². The molecule has 0 bridgehead atoms. The highest BCUT2D eigenvalue weighted by molar-refractivity contribution is 5.92. The van der Waals surface area contributed by atoms with E-state index >= 15 is 0 Å². The number of alkyl halides is 1. The standard InChI is InChI=1S/C13H17FN2O/c1-13(2,3)8-4-5-10(15-7-8)12(17)16-11-6-9(11)14/h4-5,7,9,11H,6H2,1-3H3,(H,16,17). The molecule has 0 spiro atoms. The Morgan fingerprint density at radius 3 is 2.53 bits per heavy atom. The van der Waals surface area contributed by atoms with Gasteiger partial charge in [-0.15, -0.1) is 0 Å². The van der Waals surface area contributed by atoms with Crippen LogP contribution in [0.4, 0.5) is 4.39 Å². The fourth-order valence-corrected chi connectivity index (χ4v) is 1.53. The molecule has 0 radical (unpaired) electrons. The van der Waals surface area contributed by atoms with E-state index in [0.717, 1.165) is 5.56 Å². The van der Waals surface area contributed by atoms with Gasteiger partial charge in [0.2, 0.25) is 0 Å². The molecule has 1 saturated carbocycles. The van der Waals surface area contributed by atoms with Gasteiger partial charge in [-0.05, 0) is 17.0 Å². The van der Waals surface area contributed by atoms with Gasteiger partial charge in [-0.2, -0.15) is 0 Å². The zero-order valence-electron chi connectivity index (χ0n) is 10.3. The number of hydrogen-bond acceptors (Lipinski definition) is 2. The largest absolute Gasteiger partial charge is 0.345 e. The van der Waals surface area contributed by atoms with Gasteiger partial charge >= 0.3 is 0 Å². The second-order valence-electron chi connectivity index (χ2n) is 5.51. The normalized spacial score (nSPS) is 23.3. The Morgan fingerprint density at radius 2 is 2.12 bits per heavy atom. The van der Waals surface area contributed by atoms with Crippen molar-refractivity contribution in [2.75, 3.05) is 0 Å². The third-order valence-corrected chi connectivity index (χ3v) is 2.89. The van der Waals surface area contributed by atoms with Gasteiger partial charge in [-0.25, -0.2) is 4.39 Å². The van der Waals surface area contributed by atoms with Crippen LogP contribution in [0.5, 0.6) is 0 Å². The summed E-state index contributed by atoms with van der Waals surface area (Å²) in [5.74, 6) is -0.296. The zero-order chi connectivity index (χ0) is 12.6. The molecule has 1 aliphatic rings. The van der Waals surface area contributed by atoms with E-state index in [2.05, 4.69) is 31.1 Å². The molecule has 0 saturated heterocycles. The number of nitrogens with one attached hydrogen (secondary N) is 1. The van der Waals surface area contributed by atoms with E-state index in [1.807, 2.05) is 6.07 Å². The van der Waals surface area contributed by atoms with Crippen LogP contribution in [0.15, 0.2) is 18.3 Å². The Balaban J connectivity index is 2.04. The Bertz CT molecular complexity index is 422. The minimum atomic E-state index is -0.882. The highest BCUT2D eigenvalue weighted by atomic mass is 19.1. The van der Waals surface area contributed by atoms with Crippen molar-refractivity contribution in [3.63, 3.8) is 0 Å². The monoisotopic (exact) mass is 236 g/mol. The van der Waals surface area contributed by atoms with Crippen LogP contribution in [-0.2, 0) is 5.41 Å². The molecule has 1 heterocycles. The van der Waals surface area contributed by atoms with Crippen molar-refractivity contribution in [3.8, 4) is 0 Å². The molecule has 0 aliphatic heterocycles. The van der Waals surface area contributed by atoms with Gasteiger partial charge in [0.15, 0.2) is 0 Å². The summed E-state index contributed by atoms with van der Waals surface area (Å²) >= 11 is 0. The molecule has 3 nitrogen and oxygen atoms in total. The molecule has 2 atom stereocenters. The number of carbonyl (C=O) groups is 1. The van der Waals surface area contributed by atoms with Crippen LogP contribution in [-0.4, -0.2) is 23.1 Å². The summed E-state index contributed by atoms with van der Waals surface area (Å²) in [5.41, 5.74) is 1.43. The van der Waals surface area contributed by atoms with Gasteiger partial charge in [0.1, 0.15) is 11.9 Å². The first kappa shape index (κ1) is 12.0. The molecule has 1 aromatic heterocycles. The number of amides is 1. The van der Waals surface area contributed by atoms with Crippen LogP contribution in [0.3, 0.4) is 0 Å². The summed E-state index contributed by atoms with van der Waals surface area (Å²) < 4.78 is 12.6. The van der Waals surface area contributed by atoms with E-state index in [9.17, 15) is 9.18 Å². The van der Waals surface area contributed by atoms with Gasteiger partial charge < -0.3 is 5.32 Å². The molecule has 1 aliphatic carbocycles. The molecule has 92 valence electrons. The van der Waals surface area contributed by atoms with Crippen molar-refractivity contribution in [1.29, 1.82) is 0 Å². The number of hydrogen-bond donors (Lipinski definition) is 1. The van der Waals surface area contributed by atoms with Gasteiger partial charge in [-0.1, -0.05) is 26.8 Å². The molecule has 2 unspecified atom stereocenters. The highest BCUT2D eigenvalue weighted by Gasteiger charge is 2.38. The maximum atomic E-state index is 12.6. The van der Waals surface area contributed by atoms with Crippen LogP contribution in [0.1, 0.15) is 43.2 Å². The number of halogens is 1. The topological polar surface area (TPSA) is 42.0 Å². The minimum Gasteiger partial charge on any atom is -0.345 e. The predicted octanol–water partition coefficient (Wildman–Crippen LogP) is 2.22. The first-order valence-electron chi connectivity index (χ1n) is 5.79. The van der Waals surface area contributed by atoms with Crippen LogP contribution in [0, 0.1) is 0 Å². The molecule has 17 heavy (non-hydrogen) atoms. The smallest absolute Gasteiger partial charge is 0.270 e. The van der Waals surface area contributed by atoms with Crippen molar-refractivity contribution < 1.29 is 9.18 Å². The van der Waals surface area contributed by atoms with Gasteiger partial charge in [-0.3, -0.25) is 9.78 Å². The lowest BCUT2D eigenvalue weighted by Gasteiger charge is -2.18. The zero-order valence-corrected chi connectivity index (χ0v) is 10.3. The minimum absolute atomic E-state index is 0.0164. The average Bonchev–Trinajstić information content (AvgIpc) is 2.93. The summed E-state index contributed by atoms with van der Waals surface area (Å²) in [6.07, 6.45) is 1.24. The number of carbonyl (C=O) groups excluding carboxylic acids is 1. The number of pyridine rings is 1. The van der Waals surface area contributed by atoms with E-state index in [-0.39, 0.29) is 17.4 Å².